The van der Waals surface area contributed by atoms with Crippen molar-refractivity contribution in [2.75, 3.05) is 25.0 Å². The number of urea groups is 1. The molecule has 9 nitrogen and oxygen atoms in total. The molecule has 2 heterocycles. The van der Waals surface area contributed by atoms with Crippen molar-refractivity contribution in [3.63, 3.8) is 0 Å². The first-order valence-corrected chi connectivity index (χ1v) is 10.9. The van der Waals surface area contributed by atoms with Gasteiger partial charge in [0.25, 0.3) is 0 Å². The van der Waals surface area contributed by atoms with Gasteiger partial charge in [0.2, 0.25) is 5.91 Å². The van der Waals surface area contributed by atoms with Crippen molar-refractivity contribution in [1.29, 1.82) is 0 Å². The number of amides is 3. The van der Waals surface area contributed by atoms with Gasteiger partial charge in [0.05, 0.1) is 31.6 Å². The van der Waals surface area contributed by atoms with Crippen molar-refractivity contribution in [3.05, 3.63) is 65.8 Å². The van der Waals surface area contributed by atoms with Crippen LogP contribution >= 0.6 is 0 Å². The molecule has 3 rings (SSSR count). The van der Waals surface area contributed by atoms with Crippen LogP contribution in [0.5, 0.6) is 0 Å². The van der Waals surface area contributed by atoms with Crippen LogP contribution in [0.15, 0.2) is 48.8 Å². The van der Waals surface area contributed by atoms with Crippen LogP contribution in [0.3, 0.4) is 0 Å². The van der Waals surface area contributed by atoms with E-state index in [1.165, 1.54) is 0 Å². The molecule has 2 unspecified atom stereocenters. The summed E-state index contributed by atoms with van der Waals surface area (Å²) in [5, 5.41) is 5.76. The van der Waals surface area contributed by atoms with E-state index < -0.39 is 17.9 Å². The van der Waals surface area contributed by atoms with E-state index in [-0.39, 0.29) is 31.5 Å². The Kier molecular flexibility index (Phi) is 8.36. The minimum atomic E-state index is -0.560. The third-order valence-electron chi connectivity index (χ3n) is 5.41. The molecule has 0 spiro atoms. The first kappa shape index (κ1) is 23.7. The van der Waals surface area contributed by atoms with E-state index in [1.54, 1.807) is 60.6 Å². The summed E-state index contributed by atoms with van der Waals surface area (Å²) in [6.45, 7) is 9.82. The minimum absolute atomic E-state index is 0.00277. The highest BCUT2D eigenvalue weighted by Crippen LogP contribution is 2.22. The van der Waals surface area contributed by atoms with Crippen molar-refractivity contribution in [2.24, 2.45) is 5.92 Å². The molecular formula is C24H27N5O4. The van der Waals surface area contributed by atoms with Gasteiger partial charge in [-0.05, 0) is 43.5 Å². The molecule has 33 heavy (non-hydrogen) atoms. The van der Waals surface area contributed by atoms with E-state index in [0.717, 1.165) is 0 Å². The average molecular weight is 450 g/mol. The normalized spacial score (nSPS) is 16.2. The van der Waals surface area contributed by atoms with Gasteiger partial charge in [-0.3, -0.25) is 14.6 Å². The van der Waals surface area contributed by atoms with Gasteiger partial charge < -0.3 is 20.3 Å². The molecule has 1 aliphatic heterocycles. The molecule has 172 valence electrons. The van der Waals surface area contributed by atoms with Crippen LogP contribution in [0.2, 0.25) is 0 Å². The lowest BCUT2D eigenvalue weighted by molar-refractivity contribution is -0.144. The fraction of sp³-hybridized carbons (Fsp3) is 0.375. The number of ether oxygens (including phenoxy) is 1. The van der Waals surface area contributed by atoms with E-state index >= 15 is 0 Å². The van der Waals surface area contributed by atoms with Crippen molar-refractivity contribution in [2.45, 2.75) is 32.2 Å². The lowest BCUT2D eigenvalue weighted by Crippen LogP contribution is -2.47. The van der Waals surface area contributed by atoms with E-state index in [4.69, 9.17) is 11.3 Å². The number of nitrogens with one attached hydrogen (secondary N) is 2. The monoisotopic (exact) mass is 449 g/mol. The SMILES string of the molecule is [C-]#[N+]c1ccc(NC(=O)N2CCCC(C(=O)NC(CC(=O)OCC)c3cccnc3)C2)cc1. The van der Waals surface area contributed by atoms with E-state index in [0.29, 0.717) is 36.3 Å². The molecule has 2 atom stereocenters. The Hall–Kier alpha value is -3.93. The highest BCUT2D eigenvalue weighted by atomic mass is 16.5. The van der Waals surface area contributed by atoms with Crippen LogP contribution in [0.1, 0.15) is 37.8 Å². The van der Waals surface area contributed by atoms with Gasteiger partial charge >= 0.3 is 12.0 Å². The lowest BCUT2D eigenvalue weighted by atomic mass is 9.96. The number of carbonyl (C=O) groups is 3. The molecule has 1 aliphatic rings. The van der Waals surface area contributed by atoms with Gasteiger partial charge in [0.15, 0.2) is 5.69 Å². The first-order valence-electron chi connectivity index (χ1n) is 10.9. The highest BCUT2D eigenvalue weighted by molar-refractivity contribution is 5.90. The summed E-state index contributed by atoms with van der Waals surface area (Å²) in [6, 6.07) is 9.32. The fourth-order valence-corrected chi connectivity index (χ4v) is 3.71. The molecule has 1 fully saturated rings. The van der Waals surface area contributed by atoms with Crippen molar-refractivity contribution in [3.8, 4) is 0 Å². The number of hydrogen-bond donors (Lipinski definition) is 2. The third kappa shape index (κ3) is 6.77. The Bertz CT molecular complexity index is 1000. The number of likely N-dealkylation sites (tertiary alicyclic amines) is 1. The lowest BCUT2D eigenvalue weighted by Gasteiger charge is -2.33. The van der Waals surface area contributed by atoms with Crippen LogP contribution in [0, 0.1) is 12.5 Å². The molecule has 3 amide bonds. The summed E-state index contributed by atoms with van der Waals surface area (Å²) in [4.78, 5) is 46.8. The second kappa shape index (κ2) is 11.6. The minimum Gasteiger partial charge on any atom is -0.466 e. The van der Waals surface area contributed by atoms with Crippen LogP contribution in [-0.2, 0) is 14.3 Å². The van der Waals surface area contributed by atoms with Crippen LogP contribution in [0.4, 0.5) is 16.2 Å². The first-order chi connectivity index (χ1) is 16.0. The standard InChI is InChI=1S/C24H27N5O4/c1-3-33-22(30)14-21(17-6-4-12-26-15-17)28-23(31)18-7-5-13-29(16-18)24(32)27-20-10-8-19(25-2)9-11-20/h4,6,8-12,15,18,21H,3,5,7,13-14,16H2,1H3,(H,27,32)(H,28,31). The zero-order valence-electron chi connectivity index (χ0n) is 18.5. The molecule has 0 bridgehead atoms. The van der Waals surface area contributed by atoms with Gasteiger partial charge in [0, 0.05) is 31.2 Å². The number of pyridine rings is 1. The number of anilines is 1. The largest absolute Gasteiger partial charge is 0.466 e. The molecule has 1 saturated heterocycles. The molecule has 2 N–H and O–H groups in total. The Labute approximate surface area is 193 Å². The van der Waals surface area contributed by atoms with Crippen LogP contribution < -0.4 is 10.6 Å². The second-order valence-corrected chi connectivity index (χ2v) is 7.73. The summed E-state index contributed by atoms with van der Waals surface area (Å²) < 4.78 is 5.05. The van der Waals surface area contributed by atoms with Crippen molar-refractivity contribution >= 4 is 29.3 Å². The van der Waals surface area contributed by atoms with E-state index in [2.05, 4.69) is 20.5 Å². The number of benzene rings is 1. The summed E-state index contributed by atoms with van der Waals surface area (Å²) in [7, 11) is 0. The molecule has 1 aromatic carbocycles. The smallest absolute Gasteiger partial charge is 0.321 e. The summed E-state index contributed by atoms with van der Waals surface area (Å²) >= 11 is 0. The zero-order valence-corrected chi connectivity index (χ0v) is 18.5. The van der Waals surface area contributed by atoms with Gasteiger partial charge in [0.1, 0.15) is 0 Å². The molecule has 0 radical (unpaired) electrons. The van der Waals surface area contributed by atoms with Gasteiger partial charge in [-0.1, -0.05) is 18.2 Å². The number of hydrogen-bond acceptors (Lipinski definition) is 5. The number of carbonyl (C=O) groups excluding carboxylic acids is 3. The molecule has 2 aromatic rings. The van der Waals surface area contributed by atoms with Crippen molar-refractivity contribution < 1.29 is 19.1 Å². The highest BCUT2D eigenvalue weighted by Gasteiger charge is 2.30. The third-order valence-corrected chi connectivity index (χ3v) is 5.41. The Morgan fingerprint density at radius 3 is 2.73 bits per heavy atom. The van der Waals surface area contributed by atoms with E-state index in [9.17, 15) is 14.4 Å². The zero-order chi connectivity index (χ0) is 23.6. The van der Waals surface area contributed by atoms with Crippen LogP contribution in [-0.4, -0.2) is 47.5 Å². The summed E-state index contributed by atoms with van der Waals surface area (Å²) in [5.41, 5.74) is 1.80. The maximum Gasteiger partial charge on any atom is 0.321 e. The number of esters is 1. The summed E-state index contributed by atoms with van der Waals surface area (Å²) in [5.74, 6) is -1.01. The predicted molar refractivity (Wildman–Crippen MR) is 122 cm³/mol. The average Bonchev–Trinajstić information content (AvgIpc) is 2.85. The molecule has 0 saturated carbocycles. The van der Waals surface area contributed by atoms with Crippen molar-refractivity contribution in [1.82, 2.24) is 15.2 Å². The number of aromatic nitrogens is 1. The van der Waals surface area contributed by atoms with Gasteiger partial charge in [-0.15, -0.1) is 0 Å². The van der Waals surface area contributed by atoms with Crippen LogP contribution in [0.25, 0.3) is 4.85 Å². The maximum absolute atomic E-state index is 13.0. The van der Waals surface area contributed by atoms with E-state index in [1.807, 2.05) is 0 Å². The molecule has 9 heteroatoms. The quantitative estimate of drug-likeness (QED) is 0.496. The Balaban J connectivity index is 1.62. The topological polar surface area (TPSA) is 105 Å². The molecule has 0 aliphatic carbocycles. The van der Waals surface area contributed by atoms with Gasteiger partial charge in [-0.2, -0.15) is 0 Å². The number of nitrogens with zero attached hydrogens (tertiary/aromatic N) is 3. The Morgan fingerprint density at radius 1 is 1.27 bits per heavy atom. The molecule has 1 aromatic heterocycles. The predicted octanol–water partition coefficient (Wildman–Crippen LogP) is 3.69. The summed E-state index contributed by atoms with van der Waals surface area (Å²) in [6.07, 6.45) is 4.58. The van der Waals surface area contributed by atoms with Gasteiger partial charge in [-0.25, -0.2) is 9.64 Å². The molecular weight excluding hydrogens is 422 g/mol. The Morgan fingerprint density at radius 2 is 2.06 bits per heavy atom. The second-order valence-electron chi connectivity index (χ2n) is 7.73. The maximum atomic E-state index is 13.0. The number of piperidine rings is 1. The number of rotatable bonds is 7. The fourth-order valence-electron chi connectivity index (χ4n) is 3.71.